The summed E-state index contributed by atoms with van der Waals surface area (Å²) >= 11 is 3.45. The molecule has 0 spiro atoms. The Balaban J connectivity index is 1.85. The van der Waals surface area contributed by atoms with Crippen LogP contribution < -0.4 is 10.1 Å². The van der Waals surface area contributed by atoms with E-state index in [0.717, 1.165) is 27.0 Å². The van der Waals surface area contributed by atoms with Gasteiger partial charge in [0.2, 0.25) is 5.91 Å². The van der Waals surface area contributed by atoms with Gasteiger partial charge in [0, 0.05) is 4.47 Å². The maximum atomic E-state index is 12.0. The number of aryl methyl sites for hydroxylation is 3. The lowest BCUT2D eigenvalue weighted by atomic mass is 10.1. The Hall–Kier alpha value is -1.81. The molecule has 2 aromatic rings. The summed E-state index contributed by atoms with van der Waals surface area (Å²) < 4.78 is 6.56. The molecule has 2 rings (SSSR count). The number of amides is 1. The summed E-state index contributed by atoms with van der Waals surface area (Å²) in [5.41, 5.74) is 4.21. The predicted octanol–water partition coefficient (Wildman–Crippen LogP) is 4.78. The van der Waals surface area contributed by atoms with Gasteiger partial charge in [-0.25, -0.2) is 0 Å². The van der Waals surface area contributed by atoms with E-state index in [0.29, 0.717) is 13.0 Å². The summed E-state index contributed by atoms with van der Waals surface area (Å²) in [4.78, 5) is 12.0. The number of rotatable bonds is 5. The highest BCUT2D eigenvalue weighted by Crippen LogP contribution is 2.23. The van der Waals surface area contributed by atoms with Crippen LogP contribution in [0, 0.1) is 20.8 Å². The van der Waals surface area contributed by atoms with Crippen molar-refractivity contribution in [3.05, 3.63) is 57.6 Å². The van der Waals surface area contributed by atoms with E-state index < -0.39 is 0 Å². The van der Waals surface area contributed by atoms with E-state index in [9.17, 15) is 4.79 Å². The second kappa shape index (κ2) is 7.45. The van der Waals surface area contributed by atoms with Crippen LogP contribution in [0.25, 0.3) is 0 Å². The Morgan fingerprint density at radius 2 is 1.77 bits per heavy atom. The van der Waals surface area contributed by atoms with Gasteiger partial charge in [0.1, 0.15) is 5.75 Å². The van der Waals surface area contributed by atoms with E-state index in [2.05, 4.69) is 27.3 Å². The van der Waals surface area contributed by atoms with E-state index in [4.69, 9.17) is 4.74 Å². The SMILES string of the molecule is Cc1ccc(OCCC(=O)Nc2ccc(C)cc2Br)c(C)c1. The molecule has 3 nitrogen and oxygen atoms in total. The zero-order valence-electron chi connectivity index (χ0n) is 13.1. The minimum atomic E-state index is -0.0608. The first-order valence-corrected chi connectivity index (χ1v) is 8.01. The lowest BCUT2D eigenvalue weighted by Gasteiger charge is -2.11. The van der Waals surface area contributed by atoms with Crippen molar-refractivity contribution in [2.24, 2.45) is 0 Å². The molecule has 1 amide bonds. The van der Waals surface area contributed by atoms with Crippen molar-refractivity contribution in [3.63, 3.8) is 0 Å². The normalized spacial score (nSPS) is 10.4. The maximum absolute atomic E-state index is 12.0. The van der Waals surface area contributed by atoms with Gasteiger partial charge in [0.25, 0.3) is 0 Å². The molecule has 0 heterocycles. The second-order valence-electron chi connectivity index (χ2n) is 5.40. The van der Waals surface area contributed by atoms with E-state index in [1.807, 2.05) is 51.1 Å². The second-order valence-corrected chi connectivity index (χ2v) is 6.25. The average molecular weight is 362 g/mol. The van der Waals surface area contributed by atoms with Gasteiger partial charge >= 0.3 is 0 Å². The fourth-order valence-corrected chi connectivity index (χ4v) is 2.74. The number of halogens is 1. The van der Waals surface area contributed by atoms with Crippen LogP contribution in [0.2, 0.25) is 0 Å². The molecule has 4 heteroatoms. The van der Waals surface area contributed by atoms with Crippen molar-refractivity contribution in [1.29, 1.82) is 0 Å². The molecular weight excluding hydrogens is 342 g/mol. The first kappa shape index (κ1) is 16.6. The van der Waals surface area contributed by atoms with Crippen LogP contribution in [0.1, 0.15) is 23.1 Å². The summed E-state index contributed by atoms with van der Waals surface area (Å²) in [6, 6.07) is 11.8. The predicted molar refractivity (Wildman–Crippen MR) is 93.5 cm³/mol. The Morgan fingerprint density at radius 3 is 2.45 bits per heavy atom. The molecule has 0 aromatic heterocycles. The van der Waals surface area contributed by atoms with Crippen LogP contribution in [-0.2, 0) is 4.79 Å². The number of ether oxygens (including phenoxy) is 1. The zero-order chi connectivity index (χ0) is 16.1. The molecule has 1 N–H and O–H groups in total. The van der Waals surface area contributed by atoms with Gasteiger partial charge in [-0.1, -0.05) is 23.8 Å². The first-order chi connectivity index (χ1) is 10.5. The van der Waals surface area contributed by atoms with Crippen molar-refractivity contribution in [2.45, 2.75) is 27.2 Å². The molecule has 0 aliphatic carbocycles. The van der Waals surface area contributed by atoms with Gasteiger partial charge in [-0.2, -0.15) is 0 Å². The molecule has 0 saturated carbocycles. The van der Waals surface area contributed by atoms with Gasteiger partial charge in [0.15, 0.2) is 0 Å². The topological polar surface area (TPSA) is 38.3 Å². The van der Waals surface area contributed by atoms with Crippen LogP contribution in [0.5, 0.6) is 5.75 Å². The lowest BCUT2D eigenvalue weighted by Crippen LogP contribution is -2.15. The van der Waals surface area contributed by atoms with E-state index in [1.54, 1.807) is 0 Å². The Morgan fingerprint density at radius 1 is 1.09 bits per heavy atom. The van der Waals surface area contributed by atoms with Crippen LogP contribution in [0.4, 0.5) is 5.69 Å². The number of hydrogen-bond acceptors (Lipinski definition) is 2. The third-order valence-electron chi connectivity index (χ3n) is 3.32. The summed E-state index contributed by atoms with van der Waals surface area (Å²) in [5, 5.41) is 2.88. The van der Waals surface area contributed by atoms with Crippen LogP contribution in [0.15, 0.2) is 40.9 Å². The highest BCUT2D eigenvalue weighted by Gasteiger charge is 2.07. The van der Waals surface area contributed by atoms with Crippen LogP contribution in [0.3, 0.4) is 0 Å². The number of carbonyl (C=O) groups is 1. The van der Waals surface area contributed by atoms with Crippen molar-refractivity contribution in [3.8, 4) is 5.75 Å². The number of hydrogen-bond donors (Lipinski definition) is 1. The molecule has 0 atom stereocenters. The van der Waals surface area contributed by atoms with E-state index >= 15 is 0 Å². The quantitative estimate of drug-likeness (QED) is 0.831. The standard InChI is InChI=1S/C18H20BrNO2/c1-12-5-7-17(14(3)10-12)22-9-8-18(21)20-16-6-4-13(2)11-15(16)19/h4-7,10-11H,8-9H2,1-3H3,(H,20,21). The number of benzene rings is 2. The minimum absolute atomic E-state index is 0.0608. The van der Waals surface area contributed by atoms with E-state index in [1.165, 1.54) is 5.56 Å². The van der Waals surface area contributed by atoms with Crippen LogP contribution in [-0.4, -0.2) is 12.5 Å². The van der Waals surface area contributed by atoms with Crippen LogP contribution >= 0.6 is 15.9 Å². The Bertz CT molecular complexity index is 683. The highest BCUT2D eigenvalue weighted by atomic mass is 79.9. The summed E-state index contributed by atoms with van der Waals surface area (Å²) in [6.07, 6.45) is 0.313. The number of nitrogens with one attached hydrogen (secondary N) is 1. The van der Waals surface area contributed by atoms with Crippen molar-refractivity contribution >= 4 is 27.5 Å². The number of carbonyl (C=O) groups excluding carboxylic acids is 1. The maximum Gasteiger partial charge on any atom is 0.227 e. The molecule has 0 radical (unpaired) electrons. The average Bonchev–Trinajstić information content (AvgIpc) is 2.44. The first-order valence-electron chi connectivity index (χ1n) is 7.22. The smallest absolute Gasteiger partial charge is 0.227 e. The third kappa shape index (κ3) is 4.60. The largest absolute Gasteiger partial charge is 0.493 e. The highest BCUT2D eigenvalue weighted by molar-refractivity contribution is 9.10. The van der Waals surface area contributed by atoms with Gasteiger partial charge in [-0.15, -0.1) is 0 Å². The monoisotopic (exact) mass is 361 g/mol. The minimum Gasteiger partial charge on any atom is -0.493 e. The molecular formula is C18H20BrNO2. The Kier molecular flexibility index (Phi) is 5.61. The van der Waals surface area contributed by atoms with Gasteiger partial charge in [-0.05, 0) is 66.0 Å². The van der Waals surface area contributed by atoms with Gasteiger partial charge in [0.05, 0.1) is 18.7 Å². The molecule has 22 heavy (non-hydrogen) atoms. The summed E-state index contributed by atoms with van der Waals surface area (Å²) in [6.45, 7) is 6.42. The Labute approximate surface area is 139 Å². The molecule has 0 unspecified atom stereocenters. The molecule has 0 bridgehead atoms. The molecule has 0 saturated heterocycles. The summed E-state index contributed by atoms with van der Waals surface area (Å²) in [5.74, 6) is 0.768. The third-order valence-corrected chi connectivity index (χ3v) is 3.97. The molecule has 0 aliphatic heterocycles. The summed E-state index contributed by atoms with van der Waals surface area (Å²) in [7, 11) is 0. The van der Waals surface area contributed by atoms with Gasteiger partial charge in [-0.3, -0.25) is 4.79 Å². The van der Waals surface area contributed by atoms with Gasteiger partial charge < -0.3 is 10.1 Å². The molecule has 0 fully saturated rings. The lowest BCUT2D eigenvalue weighted by molar-refractivity contribution is -0.116. The fraction of sp³-hybridized carbons (Fsp3) is 0.278. The fourth-order valence-electron chi connectivity index (χ4n) is 2.15. The van der Waals surface area contributed by atoms with Crippen molar-refractivity contribution < 1.29 is 9.53 Å². The number of anilines is 1. The molecule has 0 aliphatic rings. The molecule has 116 valence electrons. The van der Waals surface area contributed by atoms with Crippen molar-refractivity contribution in [2.75, 3.05) is 11.9 Å². The zero-order valence-corrected chi connectivity index (χ0v) is 14.7. The van der Waals surface area contributed by atoms with E-state index in [-0.39, 0.29) is 5.91 Å². The van der Waals surface area contributed by atoms with Crippen molar-refractivity contribution in [1.82, 2.24) is 0 Å². The molecule has 2 aromatic carbocycles.